The van der Waals surface area contributed by atoms with Crippen molar-refractivity contribution in [1.29, 1.82) is 0 Å². The van der Waals surface area contributed by atoms with Crippen LogP contribution < -0.4 is 24.4 Å². The number of fused-ring (bicyclic) bond motifs is 1. The fraction of sp³-hybridized carbons (Fsp3) is 0.139. The van der Waals surface area contributed by atoms with Gasteiger partial charge in [-0.1, -0.05) is 60.7 Å². The molecule has 0 bridgehead atoms. The van der Waals surface area contributed by atoms with Crippen molar-refractivity contribution in [3.05, 3.63) is 132 Å². The van der Waals surface area contributed by atoms with E-state index in [9.17, 15) is 9.59 Å². The van der Waals surface area contributed by atoms with Crippen LogP contribution in [0.15, 0.2) is 120 Å². The van der Waals surface area contributed by atoms with Crippen LogP contribution in [-0.2, 0) is 11.4 Å². The Morgan fingerprint density at radius 2 is 1.43 bits per heavy atom. The fourth-order valence-corrected chi connectivity index (χ4v) is 4.37. The maximum atomic E-state index is 12.9. The standard InChI is InChI=1S/C36H32N2O6/c1-3-41-29-16-13-28(14-17-29)36(40)44-34-22-15-27-11-7-8-12-32(27)33(34)23-37-38-35(39)25(2)43-31-20-18-30(19-21-31)42-24-26-9-5-4-6-10-26/h4-23,25H,3,24H2,1-2H3,(H,38,39). The normalized spacial score (nSPS) is 11.6. The van der Waals surface area contributed by atoms with E-state index < -0.39 is 18.0 Å². The number of benzene rings is 5. The molecule has 222 valence electrons. The van der Waals surface area contributed by atoms with Crippen molar-refractivity contribution in [3.63, 3.8) is 0 Å². The van der Waals surface area contributed by atoms with Crippen LogP contribution in [0.5, 0.6) is 23.0 Å². The number of ether oxygens (including phenoxy) is 4. The smallest absolute Gasteiger partial charge is 0.343 e. The predicted molar refractivity (Wildman–Crippen MR) is 170 cm³/mol. The number of carbonyl (C=O) groups is 2. The van der Waals surface area contributed by atoms with Gasteiger partial charge >= 0.3 is 5.97 Å². The summed E-state index contributed by atoms with van der Waals surface area (Å²) in [6, 6.07) is 34.9. The lowest BCUT2D eigenvalue weighted by Gasteiger charge is -2.14. The van der Waals surface area contributed by atoms with Gasteiger partial charge in [0.15, 0.2) is 6.10 Å². The molecule has 0 saturated heterocycles. The molecule has 0 fully saturated rings. The number of carbonyl (C=O) groups excluding carboxylic acids is 2. The zero-order valence-electron chi connectivity index (χ0n) is 24.4. The van der Waals surface area contributed by atoms with Crippen molar-refractivity contribution < 1.29 is 28.5 Å². The van der Waals surface area contributed by atoms with Crippen molar-refractivity contribution in [1.82, 2.24) is 5.43 Å². The molecule has 1 unspecified atom stereocenters. The molecule has 0 aliphatic carbocycles. The number of amides is 1. The SMILES string of the molecule is CCOc1ccc(C(=O)Oc2ccc3ccccc3c2C=NNC(=O)C(C)Oc2ccc(OCc3ccccc3)cc2)cc1. The summed E-state index contributed by atoms with van der Waals surface area (Å²) < 4.78 is 22.8. The second-order valence-corrected chi connectivity index (χ2v) is 9.79. The van der Waals surface area contributed by atoms with Crippen molar-refractivity contribution in [2.45, 2.75) is 26.6 Å². The number of esters is 1. The van der Waals surface area contributed by atoms with Gasteiger partial charge in [-0.05, 0) is 84.8 Å². The van der Waals surface area contributed by atoms with Gasteiger partial charge in [0.2, 0.25) is 0 Å². The van der Waals surface area contributed by atoms with E-state index in [1.165, 1.54) is 6.21 Å². The second-order valence-electron chi connectivity index (χ2n) is 9.79. The highest BCUT2D eigenvalue weighted by Crippen LogP contribution is 2.28. The number of nitrogens with one attached hydrogen (secondary N) is 1. The molecule has 1 amide bonds. The predicted octanol–water partition coefficient (Wildman–Crippen LogP) is 6.95. The third kappa shape index (κ3) is 7.80. The zero-order chi connectivity index (χ0) is 30.7. The number of hydrogen-bond acceptors (Lipinski definition) is 7. The van der Waals surface area contributed by atoms with E-state index in [4.69, 9.17) is 18.9 Å². The lowest BCUT2D eigenvalue weighted by atomic mass is 10.0. The minimum Gasteiger partial charge on any atom is -0.494 e. The van der Waals surface area contributed by atoms with Crippen molar-refractivity contribution >= 4 is 28.9 Å². The molecule has 44 heavy (non-hydrogen) atoms. The first-order valence-electron chi connectivity index (χ1n) is 14.2. The molecule has 5 aromatic rings. The molecule has 8 nitrogen and oxygen atoms in total. The molecule has 8 heteroatoms. The molecular formula is C36H32N2O6. The molecule has 0 saturated carbocycles. The topological polar surface area (TPSA) is 95.5 Å². The summed E-state index contributed by atoms with van der Waals surface area (Å²) in [6.45, 7) is 4.51. The van der Waals surface area contributed by atoms with Gasteiger partial charge in [-0.3, -0.25) is 4.79 Å². The first-order valence-corrected chi connectivity index (χ1v) is 14.2. The number of hydrazone groups is 1. The quantitative estimate of drug-likeness (QED) is 0.0733. The average molecular weight is 589 g/mol. The van der Waals surface area contributed by atoms with E-state index in [-0.39, 0.29) is 0 Å². The van der Waals surface area contributed by atoms with E-state index in [0.29, 0.717) is 47.3 Å². The Morgan fingerprint density at radius 1 is 0.773 bits per heavy atom. The Bertz CT molecular complexity index is 1740. The third-order valence-corrected chi connectivity index (χ3v) is 6.66. The summed E-state index contributed by atoms with van der Waals surface area (Å²) >= 11 is 0. The first kappa shape index (κ1) is 29.8. The highest BCUT2D eigenvalue weighted by molar-refractivity contribution is 6.04. The molecule has 1 atom stereocenters. The van der Waals surface area contributed by atoms with E-state index >= 15 is 0 Å². The molecule has 0 heterocycles. The summed E-state index contributed by atoms with van der Waals surface area (Å²) in [5.41, 5.74) is 4.51. The van der Waals surface area contributed by atoms with E-state index in [1.54, 1.807) is 61.5 Å². The third-order valence-electron chi connectivity index (χ3n) is 6.66. The Labute approximate surface area is 255 Å². The molecule has 0 aliphatic heterocycles. The zero-order valence-corrected chi connectivity index (χ0v) is 24.4. The summed E-state index contributed by atoms with van der Waals surface area (Å²) in [7, 11) is 0. The maximum Gasteiger partial charge on any atom is 0.343 e. The maximum absolute atomic E-state index is 12.9. The Hall–Kier alpha value is -5.63. The number of rotatable bonds is 12. The molecule has 0 aromatic heterocycles. The van der Waals surface area contributed by atoms with Crippen LogP contribution in [0.3, 0.4) is 0 Å². The van der Waals surface area contributed by atoms with Crippen LogP contribution in [0.2, 0.25) is 0 Å². The number of nitrogens with zero attached hydrogens (tertiary/aromatic N) is 1. The number of hydrogen-bond donors (Lipinski definition) is 1. The van der Waals surface area contributed by atoms with Crippen LogP contribution >= 0.6 is 0 Å². The monoisotopic (exact) mass is 588 g/mol. The van der Waals surface area contributed by atoms with Crippen molar-refractivity contribution in [2.75, 3.05) is 6.61 Å². The van der Waals surface area contributed by atoms with Gasteiger partial charge in [-0.25, -0.2) is 10.2 Å². The van der Waals surface area contributed by atoms with Gasteiger partial charge < -0.3 is 18.9 Å². The molecule has 5 rings (SSSR count). The minimum absolute atomic E-state index is 0.305. The summed E-state index contributed by atoms with van der Waals surface area (Å²) in [6.07, 6.45) is 0.639. The lowest BCUT2D eigenvalue weighted by Crippen LogP contribution is -2.33. The molecule has 0 radical (unpaired) electrons. The molecule has 0 spiro atoms. The van der Waals surface area contributed by atoms with Gasteiger partial charge in [0.25, 0.3) is 5.91 Å². The second kappa shape index (κ2) is 14.5. The average Bonchev–Trinajstić information content (AvgIpc) is 3.06. The molecule has 5 aromatic carbocycles. The molecule has 1 N–H and O–H groups in total. The van der Waals surface area contributed by atoms with Gasteiger partial charge in [0.1, 0.15) is 29.6 Å². The minimum atomic E-state index is -0.826. The summed E-state index contributed by atoms with van der Waals surface area (Å²) in [5, 5.41) is 5.89. The van der Waals surface area contributed by atoms with E-state index in [0.717, 1.165) is 16.3 Å². The fourth-order valence-electron chi connectivity index (χ4n) is 4.37. The van der Waals surface area contributed by atoms with Gasteiger partial charge in [-0.15, -0.1) is 0 Å². The van der Waals surface area contributed by atoms with Crippen LogP contribution in [0.4, 0.5) is 0 Å². The highest BCUT2D eigenvalue weighted by atomic mass is 16.5. The Morgan fingerprint density at radius 3 is 2.18 bits per heavy atom. The van der Waals surface area contributed by atoms with Gasteiger partial charge in [0.05, 0.1) is 18.4 Å². The Balaban J connectivity index is 1.22. The van der Waals surface area contributed by atoms with Crippen LogP contribution in [0, 0.1) is 0 Å². The van der Waals surface area contributed by atoms with Crippen LogP contribution in [0.25, 0.3) is 10.8 Å². The lowest BCUT2D eigenvalue weighted by molar-refractivity contribution is -0.127. The summed E-state index contributed by atoms with van der Waals surface area (Å²) in [5.74, 6) is 1.21. The van der Waals surface area contributed by atoms with E-state index in [2.05, 4.69) is 10.5 Å². The largest absolute Gasteiger partial charge is 0.494 e. The van der Waals surface area contributed by atoms with Gasteiger partial charge in [0, 0.05) is 5.56 Å². The first-order chi connectivity index (χ1) is 21.5. The van der Waals surface area contributed by atoms with Gasteiger partial charge in [-0.2, -0.15) is 5.10 Å². The van der Waals surface area contributed by atoms with Crippen LogP contribution in [0.1, 0.15) is 35.3 Å². The molecular weight excluding hydrogens is 556 g/mol. The molecule has 0 aliphatic rings. The van der Waals surface area contributed by atoms with E-state index in [1.807, 2.05) is 67.6 Å². The van der Waals surface area contributed by atoms with Crippen molar-refractivity contribution in [2.24, 2.45) is 5.10 Å². The summed E-state index contributed by atoms with van der Waals surface area (Å²) in [4.78, 5) is 25.7. The van der Waals surface area contributed by atoms with Crippen molar-refractivity contribution in [3.8, 4) is 23.0 Å². The highest BCUT2D eigenvalue weighted by Gasteiger charge is 2.16. The Kier molecular flexibility index (Phi) is 9.84. The van der Waals surface area contributed by atoms with Crippen LogP contribution in [-0.4, -0.2) is 30.8 Å².